The van der Waals surface area contributed by atoms with Crippen molar-refractivity contribution in [3.8, 4) is 0 Å². The largest absolute Gasteiger partial charge is 0.464 e. The smallest absolute Gasteiger partial charge is 0.225 e. The predicted octanol–water partition coefficient (Wildman–Crippen LogP) is 3.13. The zero-order valence-corrected chi connectivity index (χ0v) is 14.6. The molecule has 1 amide bonds. The van der Waals surface area contributed by atoms with E-state index in [1.807, 2.05) is 32.0 Å². The van der Waals surface area contributed by atoms with Crippen LogP contribution in [0, 0.1) is 12.8 Å². The molecule has 0 unspecified atom stereocenters. The van der Waals surface area contributed by atoms with Crippen LogP contribution in [0.15, 0.2) is 28.7 Å². The maximum Gasteiger partial charge on any atom is 0.225 e. The predicted molar refractivity (Wildman–Crippen MR) is 92.0 cm³/mol. The van der Waals surface area contributed by atoms with Crippen molar-refractivity contribution in [2.24, 2.45) is 5.92 Å². The van der Waals surface area contributed by atoms with Gasteiger partial charge in [-0.1, -0.05) is 11.6 Å². The Labute approximate surface area is 146 Å². The van der Waals surface area contributed by atoms with E-state index in [0.717, 1.165) is 36.7 Å². The van der Waals surface area contributed by atoms with Gasteiger partial charge < -0.3 is 14.6 Å². The number of aryl methyl sites for hydroxylation is 1. The fourth-order valence-corrected chi connectivity index (χ4v) is 3.07. The summed E-state index contributed by atoms with van der Waals surface area (Å²) in [5.41, 5.74) is 0. The molecule has 0 spiro atoms. The Kier molecular flexibility index (Phi) is 5.04. The van der Waals surface area contributed by atoms with Crippen LogP contribution in [-0.4, -0.2) is 29.2 Å². The van der Waals surface area contributed by atoms with Crippen LogP contribution in [0.4, 0.5) is 5.82 Å². The molecule has 0 bridgehead atoms. The number of carbonyl (C=O) groups excluding carboxylic acids is 1. The molecule has 0 radical (unpaired) electrons. The lowest BCUT2D eigenvalue weighted by molar-refractivity contribution is -0.126. The SMILES string of the molecule is Cc1ccc([C@@H](C)NC(=O)[C@H]2CCCN(c3ccc(Cl)nn3)C2)o1. The van der Waals surface area contributed by atoms with Crippen molar-refractivity contribution in [2.75, 3.05) is 18.0 Å². The molecule has 6 nitrogen and oxygen atoms in total. The first-order valence-electron chi connectivity index (χ1n) is 8.14. The number of carbonyl (C=O) groups is 1. The lowest BCUT2D eigenvalue weighted by Gasteiger charge is -2.33. The Bertz CT molecular complexity index is 701. The van der Waals surface area contributed by atoms with Crippen LogP contribution in [-0.2, 0) is 4.79 Å². The van der Waals surface area contributed by atoms with E-state index in [-0.39, 0.29) is 17.9 Å². The first-order valence-corrected chi connectivity index (χ1v) is 8.51. The van der Waals surface area contributed by atoms with Crippen LogP contribution in [0.25, 0.3) is 0 Å². The van der Waals surface area contributed by atoms with Crippen molar-refractivity contribution in [1.82, 2.24) is 15.5 Å². The Balaban J connectivity index is 1.61. The van der Waals surface area contributed by atoms with Crippen molar-refractivity contribution in [1.29, 1.82) is 0 Å². The molecule has 3 heterocycles. The monoisotopic (exact) mass is 348 g/mol. The van der Waals surface area contributed by atoms with Crippen LogP contribution in [0.1, 0.15) is 37.3 Å². The fraction of sp³-hybridized carbons (Fsp3) is 0.471. The van der Waals surface area contributed by atoms with Crippen LogP contribution < -0.4 is 10.2 Å². The second kappa shape index (κ2) is 7.21. The fourth-order valence-electron chi connectivity index (χ4n) is 2.97. The summed E-state index contributed by atoms with van der Waals surface area (Å²) in [4.78, 5) is 14.7. The first-order chi connectivity index (χ1) is 11.5. The highest BCUT2D eigenvalue weighted by Crippen LogP contribution is 2.23. The summed E-state index contributed by atoms with van der Waals surface area (Å²) in [7, 11) is 0. The lowest BCUT2D eigenvalue weighted by Crippen LogP contribution is -2.44. The van der Waals surface area contributed by atoms with Crippen LogP contribution in [0.5, 0.6) is 0 Å². The van der Waals surface area contributed by atoms with Gasteiger partial charge in [0, 0.05) is 13.1 Å². The number of hydrogen-bond donors (Lipinski definition) is 1. The van der Waals surface area contributed by atoms with Crippen molar-refractivity contribution >= 4 is 23.3 Å². The number of halogens is 1. The third-order valence-corrected chi connectivity index (χ3v) is 4.48. The number of rotatable bonds is 4. The minimum Gasteiger partial charge on any atom is -0.464 e. The molecule has 128 valence electrons. The van der Waals surface area contributed by atoms with E-state index in [2.05, 4.69) is 20.4 Å². The van der Waals surface area contributed by atoms with E-state index in [1.165, 1.54) is 0 Å². The minimum absolute atomic E-state index is 0.0446. The topological polar surface area (TPSA) is 71.3 Å². The molecular formula is C17H21ClN4O2. The molecule has 0 aliphatic carbocycles. The van der Waals surface area contributed by atoms with Crippen molar-refractivity contribution in [3.05, 3.63) is 40.9 Å². The molecule has 0 aromatic carbocycles. The highest BCUT2D eigenvalue weighted by molar-refractivity contribution is 6.29. The Morgan fingerprint density at radius 1 is 1.38 bits per heavy atom. The molecule has 1 aliphatic rings. The zero-order chi connectivity index (χ0) is 17.1. The number of nitrogens with one attached hydrogen (secondary N) is 1. The first kappa shape index (κ1) is 16.8. The molecule has 1 N–H and O–H groups in total. The second-order valence-electron chi connectivity index (χ2n) is 6.18. The molecule has 7 heteroatoms. The van der Waals surface area contributed by atoms with E-state index in [9.17, 15) is 4.79 Å². The normalized spacial score (nSPS) is 19.1. The summed E-state index contributed by atoms with van der Waals surface area (Å²) in [6.45, 7) is 5.32. The molecule has 1 aliphatic heterocycles. The third-order valence-electron chi connectivity index (χ3n) is 4.28. The number of anilines is 1. The average Bonchev–Trinajstić information content (AvgIpc) is 3.02. The lowest BCUT2D eigenvalue weighted by atomic mass is 9.96. The van der Waals surface area contributed by atoms with Gasteiger partial charge in [-0.15, -0.1) is 10.2 Å². The molecule has 3 rings (SSSR count). The zero-order valence-electron chi connectivity index (χ0n) is 13.8. The van der Waals surface area contributed by atoms with Crippen LogP contribution in [0.3, 0.4) is 0 Å². The molecule has 24 heavy (non-hydrogen) atoms. The van der Waals surface area contributed by atoms with Crippen molar-refractivity contribution < 1.29 is 9.21 Å². The van der Waals surface area contributed by atoms with Crippen LogP contribution >= 0.6 is 11.6 Å². The van der Waals surface area contributed by atoms with Gasteiger partial charge >= 0.3 is 0 Å². The average molecular weight is 349 g/mol. The summed E-state index contributed by atoms with van der Waals surface area (Å²) < 4.78 is 5.58. The summed E-state index contributed by atoms with van der Waals surface area (Å²) >= 11 is 5.78. The van der Waals surface area contributed by atoms with E-state index >= 15 is 0 Å². The van der Waals surface area contributed by atoms with Gasteiger partial charge in [0.25, 0.3) is 0 Å². The number of piperidine rings is 1. The van der Waals surface area contributed by atoms with Gasteiger partial charge in [-0.05, 0) is 51.0 Å². The number of nitrogens with zero attached hydrogens (tertiary/aromatic N) is 3. The highest BCUT2D eigenvalue weighted by atomic mass is 35.5. The molecule has 2 aromatic rings. The summed E-state index contributed by atoms with van der Waals surface area (Å²) in [6.07, 6.45) is 1.81. The van der Waals surface area contributed by atoms with E-state index in [4.69, 9.17) is 16.0 Å². The molecule has 0 saturated carbocycles. The third kappa shape index (κ3) is 3.87. The minimum atomic E-state index is -0.142. The summed E-state index contributed by atoms with van der Waals surface area (Å²) in [5, 5.41) is 11.4. The maximum absolute atomic E-state index is 12.6. The molecular weight excluding hydrogens is 328 g/mol. The van der Waals surface area contributed by atoms with Crippen molar-refractivity contribution in [2.45, 2.75) is 32.7 Å². The summed E-state index contributed by atoms with van der Waals surface area (Å²) in [5.74, 6) is 2.35. The number of furan rings is 1. The second-order valence-corrected chi connectivity index (χ2v) is 6.57. The van der Waals surface area contributed by atoms with E-state index < -0.39 is 0 Å². The number of aromatic nitrogens is 2. The van der Waals surface area contributed by atoms with Crippen LogP contribution in [0.2, 0.25) is 5.15 Å². The molecule has 2 aromatic heterocycles. The molecule has 2 atom stereocenters. The Morgan fingerprint density at radius 3 is 2.88 bits per heavy atom. The van der Waals surface area contributed by atoms with Gasteiger partial charge in [-0.25, -0.2) is 0 Å². The quantitative estimate of drug-likeness (QED) is 0.919. The van der Waals surface area contributed by atoms with Gasteiger partial charge in [0.1, 0.15) is 11.5 Å². The molecule has 1 fully saturated rings. The van der Waals surface area contributed by atoms with Gasteiger partial charge in [-0.3, -0.25) is 4.79 Å². The van der Waals surface area contributed by atoms with E-state index in [0.29, 0.717) is 11.7 Å². The van der Waals surface area contributed by atoms with Gasteiger partial charge in [0.05, 0.1) is 12.0 Å². The highest BCUT2D eigenvalue weighted by Gasteiger charge is 2.28. The number of amides is 1. The van der Waals surface area contributed by atoms with Gasteiger partial charge in [0.15, 0.2) is 11.0 Å². The Hall–Kier alpha value is -2.08. The van der Waals surface area contributed by atoms with Crippen molar-refractivity contribution in [3.63, 3.8) is 0 Å². The number of hydrogen-bond acceptors (Lipinski definition) is 5. The van der Waals surface area contributed by atoms with Gasteiger partial charge in [-0.2, -0.15) is 0 Å². The Morgan fingerprint density at radius 2 is 2.21 bits per heavy atom. The standard InChI is InChI=1S/C17H21ClN4O2/c1-11-5-6-14(24-11)12(2)19-17(23)13-4-3-9-22(10-13)16-8-7-15(18)20-21-16/h5-8,12-13H,3-4,9-10H2,1-2H3,(H,19,23)/t12-,13+/m1/s1. The molecule has 1 saturated heterocycles. The van der Waals surface area contributed by atoms with E-state index in [1.54, 1.807) is 6.07 Å². The summed E-state index contributed by atoms with van der Waals surface area (Å²) in [6, 6.07) is 7.21. The van der Waals surface area contributed by atoms with Gasteiger partial charge in [0.2, 0.25) is 5.91 Å². The maximum atomic E-state index is 12.6.